The van der Waals surface area contributed by atoms with Crippen LogP contribution in [-0.4, -0.2) is 19.6 Å². The van der Waals surface area contributed by atoms with Gasteiger partial charge in [-0.1, -0.05) is 32.4 Å². The smallest absolute Gasteiger partial charge is 0.0366 e. The van der Waals surface area contributed by atoms with Crippen LogP contribution in [0.15, 0.2) is 24.3 Å². The Morgan fingerprint density at radius 2 is 1.74 bits per heavy atom. The molecule has 0 bridgehead atoms. The van der Waals surface area contributed by atoms with Gasteiger partial charge in [-0.2, -0.15) is 0 Å². The fourth-order valence-electron chi connectivity index (χ4n) is 2.27. The quantitative estimate of drug-likeness (QED) is 0.710. The van der Waals surface area contributed by atoms with Crippen molar-refractivity contribution in [1.82, 2.24) is 5.32 Å². The number of anilines is 1. The summed E-state index contributed by atoms with van der Waals surface area (Å²) in [7, 11) is 0. The van der Waals surface area contributed by atoms with Crippen molar-refractivity contribution in [1.29, 1.82) is 0 Å². The van der Waals surface area contributed by atoms with Crippen LogP contribution in [-0.2, 0) is 0 Å². The molecule has 0 fully saturated rings. The van der Waals surface area contributed by atoms with Crippen LogP contribution >= 0.6 is 0 Å². The lowest BCUT2D eigenvalue weighted by Crippen LogP contribution is -2.24. The molecule has 0 spiro atoms. The van der Waals surface area contributed by atoms with Crippen molar-refractivity contribution in [3.63, 3.8) is 0 Å². The monoisotopic (exact) mass is 262 g/mol. The summed E-state index contributed by atoms with van der Waals surface area (Å²) in [6.07, 6.45) is 3.71. The van der Waals surface area contributed by atoms with Gasteiger partial charge in [0.05, 0.1) is 0 Å². The summed E-state index contributed by atoms with van der Waals surface area (Å²) in [4.78, 5) is 2.46. The molecule has 0 heterocycles. The van der Waals surface area contributed by atoms with Crippen LogP contribution in [0.4, 0.5) is 5.69 Å². The SMILES string of the molecule is CCCCN(CC)c1ccc(C(C)NCCC)cc1. The molecule has 1 rings (SSSR count). The number of benzene rings is 1. The van der Waals surface area contributed by atoms with Gasteiger partial charge in [0.1, 0.15) is 0 Å². The Bertz CT molecular complexity index is 332. The molecule has 0 aliphatic carbocycles. The summed E-state index contributed by atoms with van der Waals surface area (Å²) in [6, 6.07) is 9.49. The second-order valence-electron chi connectivity index (χ2n) is 5.20. The van der Waals surface area contributed by atoms with Gasteiger partial charge in [-0.05, 0) is 50.9 Å². The summed E-state index contributed by atoms with van der Waals surface area (Å²) in [6.45, 7) is 12.3. The van der Waals surface area contributed by atoms with Crippen molar-refractivity contribution in [3.05, 3.63) is 29.8 Å². The second-order valence-corrected chi connectivity index (χ2v) is 5.20. The van der Waals surface area contributed by atoms with Crippen molar-refractivity contribution in [3.8, 4) is 0 Å². The highest BCUT2D eigenvalue weighted by molar-refractivity contribution is 5.47. The molecule has 2 nitrogen and oxygen atoms in total. The highest BCUT2D eigenvalue weighted by Gasteiger charge is 2.06. The molecule has 1 atom stereocenters. The zero-order chi connectivity index (χ0) is 14.1. The first kappa shape index (κ1) is 16.0. The standard InChI is InChI=1S/C17H30N2/c1-5-8-14-19(7-3)17-11-9-16(10-12-17)15(4)18-13-6-2/h9-12,15,18H,5-8,13-14H2,1-4H3. The molecule has 19 heavy (non-hydrogen) atoms. The fourth-order valence-corrected chi connectivity index (χ4v) is 2.27. The van der Waals surface area contributed by atoms with E-state index in [9.17, 15) is 0 Å². The molecule has 0 aliphatic rings. The van der Waals surface area contributed by atoms with Gasteiger partial charge in [0, 0.05) is 24.8 Å². The Morgan fingerprint density at radius 3 is 2.26 bits per heavy atom. The van der Waals surface area contributed by atoms with Gasteiger partial charge in [0.15, 0.2) is 0 Å². The molecule has 0 aliphatic heterocycles. The van der Waals surface area contributed by atoms with Gasteiger partial charge in [0.25, 0.3) is 0 Å². The predicted octanol–water partition coefficient (Wildman–Crippen LogP) is 4.37. The minimum atomic E-state index is 0.444. The molecule has 2 heteroatoms. The number of nitrogens with zero attached hydrogens (tertiary/aromatic N) is 1. The zero-order valence-electron chi connectivity index (χ0n) is 13.1. The minimum absolute atomic E-state index is 0.444. The Kier molecular flexibility index (Phi) is 7.57. The number of unbranched alkanes of at least 4 members (excludes halogenated alkanes) is 1. The Balaban J connectivity index is 2.63. The molecular formula is C17H30N2. The zero-order valence-corrected chi connectivity index (χ0v) is 13.1. The highest BCUT2D eigenvalue weighted by atomic mass is 15.1. The number of nitrogens with one attached hydrogen (secondary N) is 1. The van der Waals surface area contributed by atoms with Gasteiger partial charge in [-0.3, -0.25) is 0 Å². The van der Waals surface area contributed by atoms with Gasteiger partial charge in [-0.15, -0.1) is 0 Å². The molecule has 0 amide bonds. The topological polar surface area (TPSA) is 15.3 Å². The molecule has 0 saturated heterocycles. The normalized spacial score (nSPS) is 12.4. The maximum atomic E-state index is 3.53. The third kappa shape index (κ3) is 5.23. The van der Waals surface area contributed by atoms with Crippen LogP contribution in [0.2, 0.25) is 0 Å². The molecule has 0 radical (unpaired) electrons. The number of hydrogen-bond acceptors (Lipinski definition) is 2. The third-order valence-electron chi connectivity index (χ3n) is 3.62. The lowest BCUT2D eigenvalue weighted by molar-refractivity contribution is 0.570. The van der Waals surface area contributed by atoms with Gasteiger partial charge in [0.2, 0.25) is 0 Å². The van der Waals surface area contributed by atoms with Crippen LogP contribution in [0.1, 0.15) is 58.6 Å². The Hall–Kier alpha value is -1.02. The molecule has 1 aromatic rings. The van der Waals surface area contributed by atoms with Crippen molar-refractivity contribution in [2.24, 2.45) is 0 Å². The highest BCUT2D eigenvalue weighted by Crippen LogP contribution is 2.19. The fraction of sp³-hybridized carbons (Fsp3) is 0.647. The first-order chi connectivity index (χ1) is 9.22. The number of hydrogen-bond donors (Lipinski definition) is 1. The minimum Gasteiger partial charge on any atom is -0.372 e. The Labute approximate surface area is 119 Å². The second kappa shape index (κ2) is 8.98. The van der Waals surface area contributed by atoms with E-state index in [0.717, 1.165) is 19.6 Å². The molecule has 1 aromatic carbocycles. The summed E-state index contributed by atoms with van der Waals surface area (Å²) in [5.74, 6) is 0. The van der Waals surface area contributed by atoms with Crippen molar-refractivity contribution in [2.45, 2.75) is 53.0 Å². The van der Waals surface area contributed by atoms with E-state index >= 15 is 0 Å². The van der Waals surface area contributed by atoms with Crippen molar-refractivity contribution < 1.29 is 0 Å². The summed E-state index contributed by atoms with van der Waals surface area (Å²) >= 11 is 0. The predicted molar refractivity (Wildman–Crippen MR) is 85.9 cm³/mol. The molecule has 1 unspecified atom stereocenters. The van der Waals surface area contributed by atoms with Crippen LogP contribution in [0.5, 0.6) is 0 Å². The first-order valence-corrected chi connectivity index (χ1v) is 7.81. The summed E-state index contributed by atoms with van der Waals surface area (Å²) in [5.41, 5.74) is 2.73. The largest absolute Gasteiger partial charge is 0.372 e. The van der Waals surface area contributed by atoms with Crippen molar-refractivity contribution in [2.75, 3.05) is 24.5 Å². The summed E-state index contributed by atoms with van der Waals surface area (Å²) < 4.78 is 0. The summed E-state index contributed by atoms with van der Waals surface area (Å²) in [5, 5.41) is 3.53. The van der Waals surface area contributed by atoms with E-state index in [2.05, 4.69) is 62.2 Å². The molecule has 0 aromatic heterocycles. The van der Waals surface area contributed by atoms with E-state index < -0.39 is 0 Å². The van der Waals surface area contributed by atoms with Crippen LogP contribution in [0.25, 0.3) is 0 Å². The maximum absolute atomic E-state index is 3.53. The van der Waals surface area contributed by atoms with E-state index in [0.29, 0.717) is 6.04 Å². The van der Waals surface area contributed by atoms with Gasteiger partial charge < -0.3 is 10.2 Å². The van der Waals surface area contributed by atoms with E-state index in [1.165, 1.54) is 30.5 Å². The number of rotatable bonds is 9. The van der Waals surface area contributed by atoms with Crippen LogP contribution in [0, 0.1) is 0 Å². The average Bonchev–Trinajstić information content (AvgIpc) is 2.46. The van der Waals surface area contributed by atoms with Crippen LogP contribution in [0.3, 0.4) is 0 Å². The van der Waals surface area contributed by atoms with Crippen molar-refractivity contribution >= 4 is 5.69 Å². The van der Waals surface area contributed by atoms with E-state index in [4.69, 9.17) is 0 Å². The Morgan fingerprint density at radius 1 is 1.05 bits per heavy atom. The lowest BCUT2D eigenvalue weighted by atomic mass is 10.1. The van der Waals surface area contributed by atoms with Crippen LogP contribution < -0.4 is 10.2 Å². The van der Waals surface area contributed by atoms with Gasteiger partial charge >= 0.3 is 0 Å². The van der Waals surface area contributed by atoms with E-state index in [-0.39, 0.29) is 0 Å². The van der Waals surface area contributed by atoms with Gasteiger partial charge in [-0.25, -0.2) is 0 Å². The van der Waals surface area contributed by atoms with E-state index in [1.54, 1.807) is 0 Å². The molecule has 108 valence electrons. The lowest BCUT2D eigenvalue weighted by Gasteiger charge is -2.23. The molecule has 0 saturated carbocycles. The third-order valence-corrected chi connectivity index (χ3v) is 3.62. The van der Waals surface area contributed by atoms with E-state index in [1.807, 2.05) is 0 Å². The maximum Gasteiger partial charge on any atom is 0.0366 e. The molecule has 1 N–H and O–H groups in total. The average molecular weight is 262 g/mol. The molecular weight excluding hydrogens is 232 g/mol. The first-order valence-electron chi connectivity index (χ1n) is 7.81.